The maximum absolute atomic E-state index is 11.9. The molecular formula is C14H16ClN3O3. The van der Waals surface area contributed by atoms with Gasteiger partial charge in [-0.25, -0.2) is 5.43 Å². The summed E-state index contributed by atoms with van der Waals surface area (Å²) in [5, 5.41) is 14.9. The van der Waals surface area contributed by atoms with Gasteiger partial charge in [-0.05, 0) is 18.9 Å². The number of carbonyl (C=O) groups excluding carboxylic acids is 1. The monoisotopic (exact) mass is 309 g/mol. The van der Waals surface area contributed by atoms with Crippen LogP contribution in [-0.2, 0) is 4.79 Å². The molecule has 2 rings (SSSR count). The summed E-state index contributed by atoms with van der Waals surface area (Å²) in [7, 11) is 0. The van der Waals surface area contributed by atoms with Gasteiger partial charge in [0.05, 0.1) is 11.1 Å². The van der Waals surface area contributed by atoms with Gasteiger partial charge in [0.15, 0.2) is 0 Å². The van der Waals surface area contributed by atoms with Gasteiger partial charge in [-0.2, -0.15) is 5.10 Å². The Morgan fingerprint density at radius 2 is 2.10 bits per heavy atom. The van der Waals surface area contributed by atoms with Crippen molar-refractivity contribution in [3.05, 3.63) is 38.9 Å². The molecule has 0 spiro atoms. The number of rotatable bonds is 4. The number of nitrogens with one attached hydrogen (secondary N) is 1. The van der Waals surface area contributed by atoms with Gasteiger partial charge < -0.3 is 0 Å². The lowest BCUT2D eigenvalue weighted by Gasteiger charge is -2.19. The maximum Gasteiger partial charge on any atom is 0.270 e. The Bertz CT molecular complexity index is 569. The molecular weight excluding hydrogens is 294 g/mol. The van der Waals surface area contributed by atoms with Gasteiger partial charge in [-0.3, -0.25) is 14.9 Å². The summed E-state index contributed by atoms with van der Waals surface area (Å²) in [6.45, 7) is 0. The molecule has 0 aliphatic heterocycles. The van der Waals surface area contributed by atoms with Gasteiger partial charge in [0.2, 0.25) is 5.91 Å². The number of nitro benzene ring substituents is 1. The number of non-ortho nitro benzene ring substituents is 1. The summed E-state index contributed by atoms with van der Waals surface area (Å²) in [6.07, 6.45) is 6.42. The Balaban J connectivity index is 1.99. The van der Waals surface area contributed by atoms with Gasteiger partial charge in [-0.1, -0.05) is 30.9 Å². The highest BCUT2D eigenvalue weighted by molar-refractivity contribution is 6.33. The van der Waals surface area contributed by atoms with Crippen LogP contribution in [0, 0.1) is 16.0 Å². The molecule has 1 aromatic rings. The Morgan fingerprint density at radius 3 is 2.76 bits per heavy atom. The predicted molar refractivity (Wildman–Crippen MR) is 80.4 cm³/mol. The topological polar surface area (TPSA) is 84.6 Å². The molecule has 1 N–H and O–H groups in total. The van der Waals surface area contributed by atoms with E-state index in [0.717, 1.165) is 25.7 Å². The first-order chi connectivity index (χ1) is 10.1. The second-order valence-corrected chi connectivity index (χ2v) is 5.44. The van der Waals surface area contributed by atoms with Gasteiger partial charge in [0.1, 0.15) is 0 Å². The normalized spacial score (nSPS) is 16.0. The van der Waals surface area contributed by atoms with Crippen molar-refractivity contribution < 1.29 is 9.72 Å². The zero-order valence-electron chi connectivity index (χ0n) is 11.4. The molecule has 0 radical (unpaired) electrons. The van der Waals surface area contributed by atoms with Crippen LogP contribution < -0.4 is 5.43 Å². The van der Waals surface area contributed by atoms with Crippen LogP contribution in [-0.4, -0.2) is 17.0 Å². The Labute approximate surface area is 127 Å². The minimum atomic E-state index is -0.506. The highest BCUT2D eigenvalue weighted by Gasteiger charge is 2.20. The van der Waals surface area contributed by atoms with Crippen LogP contribution >= 0.6 is 11.6 Å². The summed E-state index contributed by atoms with van der Waals surface area (Å²) in [5.74, 6) is -0.0935. The number of nitrogens with zero attached hydrogens (tertiary/aromatic N) is 2. The van der Waals surface area contributed by atoms with Crippen molar-refractivity contribution >= 4 is 29.4 Å². The van der Waals surface area contributed by atoms with E-state index in [1.807, 2.05) is 0 Å². The molecule has 21 heavy (non-hydrogen) atoms. The van der Waals surface area contributed by atoms with Crippen LogP contribution in [0.4, 0.5) is 5.69 Å². The standard InChI is InChI=1S/C14H16ClN3O3/c15-13-7-6-12(18(20)21)8-11(13)9-16-17-14(19)10-4-2-1-3-5-10/h6-10H,1-5H2,(H,17,19)/b16-9+. The average Bonchev–Trinajstić information content (AvgIpc) is 2.49. The van der Waals surface area contributed by atoms with E-state index in [9.17, 15) is 14.9 Å². The number of hydrogen-bond donors (Lipinski definition) is 1. The average molecular weight is 310 g/mol. The van der Waals surface area contributed by atoms with Gasteiger partial charge in [0.25, 0.3) is 5.69 Å². The summed E-state index contributed by atoms with van der Waals surface area (Å²) in [4.78, 5) is 22.1. The van der Waals surface area contributed by atoms with Crippen LogP contribution in [0.3, 0.4) is 0 Å². The number of amides is 1. The van der Waals surface area contributed by atoms with Crippen molar-refractivity contribution in [3.8, 4) is 0 Å². The molecule has 6 nitrogen and oxygen atoms in total. The minimum absolute atomic E-state index is 0.0106. The van der Waals surface area contributed by atoms with Crippen LogP contribution in [0.1, 0.15) is 37.7 Å². The van der Waals surface area contributed by atoms with Gasteiger partial charge >= 0.3 is 0 Å². The number of benzene rings is 1. The summed E-state index contributed by atoms with van der Waals surface area (Å²) < 4.78 is 0. The van der Waals surface area contributed by atoms with Crippen molar-refractivity contribution in [3.63, 3.8) is 0 Å². The van der Waals surface area contributed by atoms with Crippen LogP contribution in [0.25, 0.3) is 0 Å². The molecule has 1 amide bonds. The maximum atomic E-state index is 11.9. The Morgan fingerprint density at radius 1 is 1.38 bits per heavy atom. The molecule has 1 aliphatic rings. The number of nitro groups is 1. The van der Waals surface area contributed by atoms with Crippen molar-refractivity contribution in [2.75, 3.05) is 0 Å². The summed E-state index contributed by atoms with van der Waals surface area (Å²) in [5.41, 5.74) is 2.81. The first-order valence-corrected chi connectivity index (χ1v) is 7.22. The van der Waals surface area contributed by atoms with E-state index in [-0.39, 0.29) is 17.5 Å². The zero-order valence-corrected chi connectivity index (χ0v) is 12.2. The zero-order chi connectivity index (χ0) is 15.2. The third-order valence-electron chi connectivity index (χ3n) is 3.54. The largest absolute Gasteiger partial charge is 0.273 e. The van der Waals surface area contributed by atoms with Gasteiger partial charge in [-0.15, -0.1) is 0 Å². The fourth-order valence-electron chi connectivity index (χ4n) is 2.37. The Hall–Kier alpha value is -1.95. The summed E-state index contributed by atoms with van der Waals surface area (Å²) >= 11 is 5.94. The lowest BCUT2D eigenvalue weighted by molar-refractivity contribution is -0.384. The molecule has 1 aromatic carbocycles. The fraction of sp³-hybridized carbons (Fsp3) is 0.429. The van der Waals surface area contributed by atoms with Crippen LogP contribution in [0.15, 0.2) is 23.3 Å². The van der Waals surface area contributed by atoms with E-state index in [1.54, 1.807) is 0 Å². The number of halogens is 1. The van der Waals surface area contributed by atoms with Crippen LogP contribution in [0.5, 0.6) is 0 Å². The predicted octanol–water partition coefficient (Wildman–Crippen LogP) is 3.28. The van der Waals surface area contributed by atoms with Crippen LogP contribution in [0.2, 0.25) is 5.02 Å². The Kier molecular flexibility index (Phi) is 5.27. The highest BCUT2D eigenvalue weighted by Crippen LogP contribution is 2.23. The third-order valence-corrected chi connectivity index (χ3v) is 3.89. The summed E-state index contributed by atoms with van der Waals surface area (Å²) in [6, 6.07) is 4.07. The fourth-order valence-corrected chi connectivity index (χ4v) is 2.53. The molecule has 0 bridgehead atoms. The minimum Gasteiger partial charge on any atom is -0.273 e. The quantitative estimate of drug-likeness (QED) is 0.526. The molecule has 1 aliphatic carbocycles. The van der Waals surface area contributed by atoms with E-state index in [0.29, 0.717) is 10.6 Å². The lowest BCUT2D eigenvalue weighted by atomic mass is 9.89. The highest BCUT2D eigenvalue weighted by atomic mass is 35.5. The van der Waals surface area contributed by atoms with Crippen molar-refractivity contribution in [2.45, 2.75) is 32.1 Å². The SMILES string of the molecule is O=C(N/N=C/c1cc([N+](=O)[O-])ccc1Cl)C1CCCCC1. The second-order valence-electron chi connectivity index (χ2n) is 5.03. The number of hydrogen-bond acceptors (Lipinski definition) is 4. The molecule has 0 aromatic heterocycles. The molecule has 0 unspecified atom stereocenters. The van der Waals surface area contributed by atoms with E-state index in [4.69, 9.17) is 11.6 Å². The smallest absolute Gasteiger partial charge is 0.270 e. The molecule has 0 heterocycles. The first kappa shape index (κ1) is 15.4. The van der Waals surface area contributed by atoms with Crippen molar-refractivity contribution in [1.29, 1.82) is 0 Å². The van der Waals surface area contributed by atoms with Crippen molar-refractivity contribution in [2.24, 2.45) is 11.0 Å². The second kappa shape index (κ2) is 7.17. The lowest BCUT2D eigenvalue weighted by Crippen LogP contribution is -2.28. The molecule has 0 atom stereocenters. The van der Waals surface area contributed by atoms with E-state index in [1.165, 1.54) is 30.8 Å². The molecule has 1 saturated carbocycles. The third kappa shape index (κ3) is 4.26. The molecule has 112 valence electrons. The molecule has 1 fully saturated rings. The van der Waals surface area contributed by atoms with Gasteiger partial charge in [0, 0.05) is 28.6 Å². The van der Waals surface area contributed by atoms with Crippen molar-refractivity contribution in [1.82, 2.24) is 5.43 Å². The van der Waals surface area contributed by atoms with E-state index >= 15 is 0 Å². The van der Waals surface area contributed by atoms with E-state index in [2.05, 4.69) is 10.5 Å². The number of carbonyl (C=O) groups is 1. The first-order valence-electron chi connectivity index (χ1n) is 6.85. The number of hydrazone groups is 1. The van der Waals surface area contributed by atoms with E-state index < -0.39 is 4.92 Å². The molecule has 0 saturated heterocycles. The molecule has 7 heteroatoms.